The zero-order valence-electron chi connectivity index (χ0n) is 16.0. The van der Waals surface area contributed by atoms with Gasteiger partial charge in [-0.1, -0.05) is 11.6 Å². The second-order valence-electron chi connectivity index (χ2n) is 6.56. The lowest BCUT2D eigenvalue weighted by atomic mass is 10.1. The van der Waals surface area contributed by atoms with E-state index in [1.807, 2.05) is 5.32 Å². The average molecular weight is 482 g/mol. The van der Waals surface area contributed by atoms with Crippen LogP contribution in [0.3, 0.4) is 0 Å². The fourth-order valence-electron chi connectivity index (χ4n) is 2.38. The van der Waals surface area contributed by atoms with E-state index in [2.05, 4.69) is 0 Å². The summed E-state index contributed by atoms with van der Waals surface area (Å²) in [6.45, 7) is -0.525. The SMILES string of the molecule is CC(O)(C(=O)Nc1ccc(S(=O)(=O)N(CCO)c2ccc(N)cc2)cc1Cl)C(F)(F)F. The van der Waals surface area contributed by atoms with Crippen molar-refractivity contribution in [1.82, 2.24) is 0 Å². The molecule has 1 amide bonds. The first-order valence-electron chi connectivity index (χ1n) is 8.61. The maximum atomic E-state index is 13.0. The molecule has 5 N–H and O–H groups in total. The van der Waals surface area contributed by atoms with Crippen molar-refractivity contribution >= 4 is 44.6 Å². The number of hydrogen-bond donors (Lipinski definition) is 4. The smallest absolute Gasteiger partial charge is 0.399 e. The Balaban J connectivity index is 2.38. The van der Waals surface area contributed by atoms with Gasteiger partial charge >= 0.3 is 6.18 Å². The second kappa shape index (κ2) is 8.91. The zero-order valence-corrected chi connectivity index (χ0v) is 17.6. The molecule has 2 aromatic rings. The van der Waals surface area contributed by atoms with Crippen molar-refractivity contribution in [2.75, 3.05) is 28.5 Å². The Labute approximate surface area is 181 Å². The third kappa shape index (κ3) is 5.21. The van der Waals surface area contributed by atoms with Crippen molar-refractivity contribution in [1.29, 1.82) is 0 Å². The quantitative estimate of drug-likeness (QED) is 0.449. The van der Waals surface area contributed by atoms with Crippen molar-refractivity contribution in [3.05, 3.63) is 47.5 Å². The topological polar surface area (TPSA) is 133 Å². The molecule has 0 aliphatic rings. The lowest BCUT2D eigenvalue weighted by Gasteiger charge is -2.26. The highest BCUT2D eigenvalue weighted by atomic mass is 35.5. The zero-order chi connectivity index (χ0) is 23.6. The normalized spacial score (nSPS) is 14.0. The summed E-state index contributed by atoms with van der Waals surface area (Å²) in [6.07, 6.45) is -5.24. The monoisotopic (exact) mass is 481 g/mol. The van der Waals surface area contributed by atoms with Crippen molar-refractivity contribution in [3.8, 4) is 0 Å². The molecule has 1 unspecified atom stereocenters. The molecule has 31 heavy (non-hydrogen) atoms. The number of rotatable bonds is 7. The highest BCUT2D eigenvalue weighted by Gasteiger charge is 2.55. The molecule has 1 atom stereocenters. The van der Waals surface area contributed by atoms with E-state index in [1.54, 1.807) is 0 Å². The van der Waals surface area contributed by atoms with Crippen LogP contribution in [0.1, 0.15) is 6.92 Å². The molecule has 0 saturated carbocycles. The highest BCUT2D eigenvalue weighted by molar-refractivity contribution is 7.92. The van der Waals surface area contributed by atoms with Crippen LogP contribution < -0.4 is 15.4 Å². The van der Waals surface area contributed by atoms with Crippen LogP contribution in [0.5, 0.6) is 0 Å². The lowest BCUT2D eigenvalue weighted by Crippen LogP contribution is -2.52. The minimum absolute atomic E-state index is 0.206. The molecular weight excluding hydrogens is 463 g/mol. The fourth-order valence-corrected chi connectivity index (χ4v) is 4.15. The number of nitrogens with two attached hydrogens (primary N) is 1. The minimum atomic E-state index is -5.24. The van der Waals surface area contributed by atoms with E-state index in [4.69, 9.17) is 17.3 Å². The number of aliphatic hydroxyl groups excluding tert-OH is 1. The summed E-state index contributed by atoms with van der Waals surface area (Å²) < 4.78 is 65.4. The molecule has 2 aromatic carbocycles. The summed E-state index contributed by atoms with van der Waals surface area (Å²) in [5.74, 6) is -1.79. The summed E-state index contributed by atoms with van der Waals surface area (Å²) in [5, 5.41) is 20.1. The number of alkyl halides is 3. The van der Waals surface area contributed by atoms with E-state index in [9.17, 15) is 36.6 Å². The molecule has 0 aliphatic carbocycles. The predicted octanol–water partition coefficient (Wildman–Crippen LogP) is 2.36. The number of nitrogens with zero attached hydrogens (tertiary/aromatic N) is 1. The van der Waals surface area contributed by atoms with Crippen molar-refractivity contribution < 1.29 is 36.6 Å². The molecule has 0 aromatic heterocycles. The number of anilines is 3. The van der Waals surface area contributed by atoms with Gasteiger partial charge in [-0.25, -0.2) is 8.42 Å². The van der Waals surface area contributed by atoms with Crippen LogP contribution in [0.4, 0.5) is 30.2 Å². The van der Waals surface area contributed by atoms with Crippen LogP contribution in [0, 0.1) is 0 Å². The number of nitrogens with one attached hydrogen (secondary N) is 1. The van der Waals surface area contributed by atoms with Gasteiger partial charge in [0.15, 0.2) is 0 Å². The van der Waals surface area contributed by atoms with Gasteiger partial charge in [0.05, 0.1) is 34.4 Å². The summed E-state index contributed by atoms with van der Waals surface area (Å²) in [7, 11) is -4.24. The molecule has 0 aliphatic heterocycles. The van der Waals surface area contributed by atoms with Gasteiger partial charge in [0.25, 0.3) is 15.9 Å². The van der Waals surface area contributed by atoms with E-state index >= 15 is 0 Å². The number of benzene rings is 2. The van der Waals surface area contributed by atoms with E-state index in [0.717, 1.165) is 22.5 Å². The molecule has 8 nitrogen and oxygen atoms in total. The third-order valence-electron chi connectivity index (χ3n) is 4.26. The average Bonchev–Trinajstić information content (AvgIpc) is 2.67. The van der Waals surface area contributed by atoms with Crippen LogP contribution in [-0.4, -0.2) is 49.5 Å². The van der Waals surface area contributed by atoms with Crippen LogP contribution in [0.25, 0.3) is 0 Å². The number of amides is 1. The number of carbonyl (C=O) groups excluding carboxylic acids is 1. The van der Waals surface area contributed by atoms with Crippen LogP contribution >= 0.6 is 11.6 Å². The van der Waals surface area contributed by atoms with Gasteiger partial charge in [0.1, 0.15) is 0 Å². The van der Waals surface area contributed by atoms with Crippen molar-refractivity contribution in [2.45, 2.75) is 23.6 Å². The first kappa shape index (κ1) is 24.7. The molecule has 170 valence electrons. The first-order chi connectivity index (χ1) is 14.2. The molecule has 0 saturated heterocycles. The first-order valence-corrected chi connectivity index (χ1v) is 10.4. The second-order valence-corrected chi connectivity index (χ2v) is 8.83. The van der Waals surface area contributed by atoms with Crippen LogP contribution in [-0.2, 0) is 14.8 Å². The van der Waals surface area contributed by atoms with Gasteiger partial charge in [-0.3, -0.25) is 9.10 Å². The molecular formula is C18H19ClF3N3O5S. The summed E-state index contributed by atoms with van der Waals surface area (Å²) in [6, 6.07) is 8.72. The Hall–Kier alpha value is -2.54. The molecule has 0 radical (unpaired) electrons. The Morgan fingerprint density at radius 3 is 2.26 bits per heavy atom. The van der Waals surface area contributed by atoms with E-state index in [0.29, 0.717) is 5.69 Å². The van der Waals surface area contributed by atoms with E-state index in [-0.39, 0.29) is 34.8 Å². The van der Waals surface area contributed by atoms with Crippen LogP contribution in [0.2, 0.25) is 5.02 Å². The molecule has 0 bridgehead atoms. The van der Waals surface area contributed by atoms with Crippen molar-refractivity contribution in [3.63, 3.8) is 0 Å². The number of nitrogen functional groups attached to an aromatic ring is 1. The van der Waals surface area contributed by atoms with Gasteiger partial charge in [0.2, 0.25) is 5.60 Å². The van der Waals surface area contributed by atoms with Crippen molar-refractivity contribution in [2.24, 2.45) is 0 Å². The third-order valence-corrected chi connectivity index (χ3v) is 6.39. The van der Waals surface area contributed by atoms with Crippen LogP contribution in [0.15, 0.2) is 47.4 Å². The van der Waals surface area contributed by atoms with Gasteiger partial charge in [-0.2, -0.15) is 13.2 Å². The Morgan fingerprint density at radius 2 is 1.77 bits per heavy atom. The predicted molar refractivity (Wildman–Crippen MR) is 109 cm³/mol. The maximum Gasteiger partial charge on any atom is 0.426 e. The molecule has 13 heteroatoms. The molecule has 0 fully saturated rings. The molecule has 2 rings (SSSR count). The Morgan fingerprint density at radius 1 is 1.19 bits per heavy atom. The lowest BCUT2D eigenvalue weighted by molar-refractivity contribution is -0.242. The number of hydrogen-bond acceptors (Lipinski definition) is 6. The summed E-state index contributed by atoms with van der Waals surface area (Å²) >= 11 is 5.97. The summed E-state index contributed by atoms with van der Waals surface area (Å²) in [4.78, 5) is 11.5. The molecule has 0 heterocycles. The largest absolute Gasteiger partial charge is 0.426 e. The summed E-state index contributed by atoms with van der Waals surface area (Å²) in [5.41, 5.74) is 2.17. The standard InChI is InChI=1S/C18H19ClF3N3O5S/c1-17(28,18(20,21)22)16(27)24-15-7-6-13(10-14(15)19)31(29,30)25(8-9-26)12-4-2-11(23)3-5-12/h2-7,10,26,28H,8-9,23H2,1H3,(H,24,27). The van der Waals surface area contributed by atoms with Gasteiger partial charge < -0.3 is 21.3 Å². The maximum absolute atomic E-state index is 13.0. The Bertz CT molecular complexity index is 1060. The molecule has 0 spiro atoms. The fraction of sp³-hybridized carbons (Fsp3) is 0.278. The van der Waals surface area contributed by atoms with E-state index in [1.165, 1.54) is 24.3 Å². The Kier molecular flexibility index (Phi) is 7.10. The van der Waals surface area contributed by atoms with E-state index < -0.39 is 34.3 Å². The number of carbonyl (C=O) groups is 1. The minimum Gasteiger partial charge on any atom is -0.399 e. The van der Waals surface area contributed by atoms with Gasteiger partial charge in [-0.15, -0.1) is 0 Å². The number of aliphatic hydroxyl groups is 2. The van der Waals surface area contributed by atoms with Gasteiger partial charge in [0, 0.05) is 5.69 Å². The van der Waals surface area contributed by atoms with Gasteiger partial charge in [-0.05, 0) is 49.4 Å². The highest BCUT2D eigenvalue weighted by Crippen LogP contribution is 2.33. The number of sulfonamides is 1. The number of halogens is 4.